The molecule has 27 heavy (non-hydrogen) atoms. The van der Waals surface area contributed by atoms with Crippen LogP contribution < -0.4 is 20.1 Å². The van der Waals surface area contributed by atoms with E-state index in [1.807, 2.05) is 18.2 Å². The summed E-state index contributed by atoms with van der Waals surface area (Å²) in [6, 6.07) is 14.2. The van der Waals surface area contributed by atoms with E-state index in [0.717, 1.165) is 12.2 Å². The summed E-state index contributed by atoms with van der Waals surface area (Å²) in [5.41, 5.74) is 3.37. The monoisotopic (exact) mass is 484 g/mol. The van der Waals surface area contributed by atoms with Crippen LogP contribution in [0.4, 0.5) is 5.69 Å². The number of hydrogen-bond donors (Lipinski definition) is 2. The smallest absolute Gasteiger partial charge is 0.195 e. The second kappa shape index (κ2) is 11.7. The summed E-state index contributed by atoms with van der Waals surface area (Å²) in [5, 5.41) is 6.60. The summed E-state index contributed by atoms with van der Waals surface area (Å²) in [4.78, 5) is 6.44. The Labute approximate surface area is 179 Å². The average molecular weight is 484 g/mol. The zero-order valence-corrected chi connectivity index (χ0v) is 18.9. The van der Waals surface area contributed by atoms with Crippen molar-refractivity contribution in [3.8, 4) is 11.5 Å². The van der Waals surface area contributed by atoms with E-state index >= 15 is 0 Å². The Kier molecular flexibility index (Phi) is 9.95. The first-order chi connectivity index (χ1) is 12.5. The van der Waals surface area contributed by atoms with Crippen molar-refractivity contribution in [3.05, 3.63) is 53.6 Å². The maximum Gasteiger partial charge on any atom is 0.195 e. The highest BCUT2D eigenvalue weighted by Crippen LogP contribution is 2.29. The average Bonchev–Trinajstić information content (AvgIpc) is 2.64. The largest absolute Gasteiger partial charge is 0.493 e. The quantitative estimate of drug-likeness (QED) is 0.358. The van der Waals surface area contributed by atoms with Crippen LogP contribution in [0.5, 0.6) is 11.5 Å². The molecule has 6 nitrogen and oxygen atoms in total. The normalized spacial score (nSPS) is 11.0. The number of nitrogens with one attached hydrogen (secondary N) is 2. The second-order valence-corrected chi connectivity index (χ2v) is 6.18. The van der Waals surface area contributed by atoms with E-state index in [2.05, 4.69) is 58.9 Å². The third kappa shape index (κ3) is 7.26. The Balaban J connectivity index is 0.00000364. The van der Waals surface area contributed by atoms with E-state index in [1.54, 1.807) is 21.3 Å². The Morgan fingerprint density at radius 2 is 1.70 bits per heavy atom. The third-order valence-corrected chi connectivity index (χ3v) is 3.82. The minimum Gasteiger partial charge on any atom is -0.493 e. The van der Waals surface area contributed by atoms with Gasteiger partial charge in [-0.2, -0.15) is 0 Å². The van der Waals surface area contributed by atoms with Crippen LogP contribution >= 0.6 is 24.0 Å². The van der Waals surface area contributed by atoms with Crippen LogP contribution in [0, 0.1) is 0 Å². The van der Waals surface area contributed by atoms with Gasteiger partial charge in [0.1, 0.15) is 0 Å². The van der Waals surface area contributed by atoms with Gasteiger partial charge in [0.2, 0.25) is 0 Å². The van der Waals surface area contributed by atoms with Gasteiger partial charge in [0.05, 0.1) is 14.2 Å². The van der Waals surface area contributed by atoms with E-state index in [9.17, 15) is 0 Å². The molecule has 0 aliphatic carbocycles. The number of anilines is 1. The minimum absolute atomic E-state index is 0. The molecule has 0 bridgehead atoms. The van der Waals surface area contributed by atoms with E-state index in [-0.39, 0.29) is 24.0 Å². The summed E-state index contributed by atoms with van der Waals surface area (Å²) >= 11 is 0. The van der Waals surface area contributed by atoms with Crippen LogP contribution in [-0.2, 0) is 13.1 Å². The number of nitrogens with zero attached hydrogens (tertiary/aromatic N) is 2. The summed E-state index contributed by atoms with van der Waals surface area (Å²) in [5.74, 6) is 2.05. The van der Waals surface area contributed by atoms with Crippen LogP contribution in [0.1, 0.15) is 11.1 Å². The van der Waals surface area contributed by atoms with Gasteiger partial charge in [-0.25, -0.2) is 0 Å². The van der Waals surface area contributed by atoms with Gasteiger partial charge in [0.25, 0.3) is 0 Å². The SMILES string of the molecule is CN=C(NCc1cccc(CN(C)C)c1)Nc1ccc(OC)c(OC)c1.I. The third-order valence-electron chi connectivity index (χ3n) is 3.82. The van der Waals surface area contributed by atoms with Gasteiger partial charge >= 0.3 is 0 Å². The maximum atomic E-state index is 5.34. The highest BCUT2D eigenvalue weighted by Gasteiger charge is 2.06. The highest BCUT2D eigenvalue weighted by molar-refractivity contribution is 14.0. The van der Waals surface area contributed by atoms with Crippen LogP contribution in [0.25, 0.3) is 0 Å². The summed E-state index contributed by atoms with van der Waals surface area (Å²) in [6.07, 6.45) is 0. The van der Waals surface area contributed by atoms with E-state index in [0.29, 0.717) is 24.0 Å². The van der Waals surface area contributed by atoms with Crippen molar-refractivity contribution in [1.29, 1.82) is 0 Å². The number of guanidine groups is 1. The Morgan fingerprint density at radius 1 is 1.00 bits per heavy atom. The van der Waals surface area contributed by atoms with E-state index < -0.39 is 0 Å². The highest BCUT2D eigenvalue weighted by atomic mass is 127. The van der Waals surface area contributed by atoms with Gasteiger partial charge in [-0.1, -0.05) is 24.3 Å². The standard InChI is InChI=1S/C20H28N4O2.HI/c1-21-20(23-17-9-10-18(25-4)19(12-17)26-5)22-13-15-7-6-8-16(11-15)14-24(2)3;/h6-12H,13-14H2,1-5H3,(H2,21,22,23);1H. The Hall–Kier alpha value is -2.00. The van der Waals surface area contributed by atoms with Gasteiger partial charge < -0.3 is 25.0 Å². The molecule has 0 aliphatic rings. The molecule has 0 saturated carbocycles. The molecule has 0 fully saturated rings. The molecule has 0 amide bonds. The van der Waals surface area contributed by atoms with Gasteiger partial charge in [-0.05, 0) is 37.4 Å². The molecule has 0 spiro atoms. The fraction of sp³-hybridized carbons (Fsp3) is 0.350. The number of benzene rings is 2. The van der Waals surface area contributed by atoms with Gasteiger partial charge in [0.15, 0.2) is 17.5 Å². The molecule has 0 atom stereocenters. The number of rotatable bonds is 7. The number of hydrogen-bond acceptors (Lipinski definition) is 4. The number of halogens is 1. The molecule has 0 aromatic heterocycles. The molecule has 0 unspecified atom stereocenters. The zero-order valence-electron chi connectivity index (χ0n) is 16.6. The first kappa shape index (κ1) is 23.0. The maximum absolute atomic E-state index is 5.34. The van der Waals surface area contributed by atoms with Crippen molar-refractivity contribution in [2.24, 2.45) is 4.99 Å². The molecule has 148 valence electrons. The molecule has 0 aliphatic heterocycles. The lowest BCUT2D eigenvalue weighted by Gasteiger charge is -2.15. The molecular weight excluding hydrogens is 455 g/mol. The Bertz CT molecular complexity index is 751. The lowest BCUT2D eigenvalue weighted by Crippen LogP contribution is -2.30. The fourth-order valence-corrected chi connectivity index (χ4v) is 2.62. The van der Waals surface area contributed by atoms with Crippen LogP contribution in [-0.4, -0.2) is 46.2 Å². The fourth-order valence-electron chi connectivity index (χ4n) is 2.62. The van der Waals surface area contributed by atoms with E-state index in [4.69, 9.17) is 9.47 Å². The molecule has 2 aromatic carbocycles. The van der Waals surface area contributed by atoms with Crippen molar-refractivity contribution < 1.29 is 9.47 Å². The van der Waals surface area contributed by atoms with Crippen molar-refractivity contribution in [3.63, 3.8) is 0 Å². The molecule has 0 heterocycles. The first-order valence-corrected chi connectivity index (χ1v) is 8.48. The molecule has 2 N–H and O–H groups in total. The number of methoxy groups -OCH3 is 2. The molecule has 2 rings (SSSR count). The Morgan fingerprint density at radius 3 is 2.33 bits per heavy atom. The lowest BCUT2D eigenvalue weighted by molar-refractivity contribution is 0.355. The van der Waals surface area contributed by atoms with Crippen LogP contribution in [0.3, 0.4) is 0 Å². The van der Waals surface area contributed by atoms with Crippen molar-refractivity contribution >= 4 is 35.6 Å². The molecular formula is C20H29IN4O2. The van der Waals surface area contributed by atoms with Gasteiger partial charge in [0, 0.05) is 31.9 Å². The van der Waals surface area contributed by atoms with Gasteiger partial charge in [-0.3, -0.25) is 4.99 Å². The topological polar surface area (TPSA) is 58.1 Å². The number of aliphatic imine (C=N–C) groups is 1. The summed E-state index contributed by atoms with van der Waals surface area (Å²) in [6.45, 7) is 1.61. The minimum atomic E-state index is 0. The lowest BCUT2D eigenvalue weighted by atomic mass is 10.1. The molecule has 0 saturated heterocycles. The van der Waals surface area contributed by atoms with Crippen molar-refractivity contribution in [2.45, 2.75) is 13.1 Å². The number of ether oxygens (including phenoxy) is 2. The molecule has 0 radical (unpaired) electrons. The summed E-state index contributed by atoms with van der Waals surface area (Å²) < 4.78 is 10.6. The molecule has 7 heteroatoms. The predicted molar refractivity (Wildman–Crippen MR) is 123 cm³/mol. The zero-order chi connectivity index (χ0) is 18.9. The van der Waals surface area contributed by atoms with Crippen molar-refractivity contribution in [1.82, 2.24) is 10.2 Å². The van der Waals surface area contributed by atoms with Crippen molar-refractivity contribution in [2.75, 3.05) is 40.7 Å². The van der Waals surface area contributed by atoms with Gasteiger partial charge in [-0.15, -0.1) is 24.0 Å². The first-order valence-electron chi connectivity index (χ1n) is 8.48. The second-order valence-electron chi connectivity index (χ2n) is 6.18. The van der Waals surface area contributed by atoms with Crippen LogP contribution in [0.2, 0.25) is 0 Å². The van der Waals surface area contributed by atoms with Crippen LogP contribution in [0.15, 0.2) is 47.5 Å². The summed E-state index contributed by atoms with van der Waals surface area (Å²) in [7, 11) is 9.13. The van der Waals surface area contributed by atoms with E-state index in [1.165, 1.54) is 11.1 Å². The molecule has 2 aromatic rings. The predicted octanol–water partition coefficient (Wildman–Crippen LogP) is 3.57.